The summed E-state index contributed by atoms with van der Waals surface area (Å²) in [6.45, 7) is 14.9. The van der Waals surface area contributed by atoms with Gasteiger partial charge in [0.25, 0.3) is 0 Å². The Morgan fingerprint density at radius 1 is 1.10 bits per heavy atom. The summed E-state index contributed by atoms with van der Waals surface area (Å²) in [7, 11) is 2.03. The molecule has 0 spiro atoms. The van der Waals surface area contributed by atoms with Crippen LogP contribution in [0.5, 0.6) is 0 Å². The van der Waals surface area contributed by atoms with Gasteiger partial charge in [-0.25, -0.2) is 0 Å². The van der Waals surface area contributed by atoms with E-state index in [1.54, 1.807) is 5.57 Å². The van der Waals surface area contributed by atoms with Crippen molar-refractivity contribution in [3.05, 3.63) is 47.3 Å². The third-order valence-corrected chi connectivity index (χ3v) is 6.68. The standard InChI is InChI=1S/C27H48N2/c1-7-17-27(10-4,18-8-2)19-16-23(5)25-21-26(29-22-25)15-14-24(9-3)13-11-12-20-28-6/h14-15,22,28-29H,5,7-13,16-21H2,1-4,6H3/b24-14+,26-15+. The molecule has 166 valence electrons. The molecule has 0 radical (unpaired) electrons. The van der Waals surface area contributed by atoms with Gasteiger partial charge < -0.3 is 10.6 Å². The zero-order valence-corrected chi connectivity index (χ0v) is 20.1. The van der Waals surface area contributed by atoms with Crippen molar-refractivity contribution in [2.24, 2.45) is 5.41 Å². The van der Waals surface area contributed by atoms with E-state index in [0.717, 1.165) is 25.8 Å². The quantitative estimate of drug-likeness (QED) is 0.258. The average molecular weight is 401 g/mol. The van der Waals surface area contributed by atoms with E-state index in [4.69, 9.17) is 0 Å². The highest BCUT2D eigenvalue weighted by atomic mass is 14.9. The first-order valence-corrected chi connectivity index (χ1v) is 12.2. The molecule has 2 N–H and O–H groups in total. The largest absolute Gasteiger partial charge is 0.364 e. The Morgan fingerprint density at radius 3 is 2.41 bits per heavy atom. The molecule has 0 aliphatic carbocycles. The van der Waals surface area contributed by atoms with Gasteiger partial charge in [-0.15, -0.1) is 0 Å². The maximum absolute atomic E-state index is 4.44. The molecule has 0 saturated heterocycles. The van der Waals surface area contributed by atoms with Crippen molar-refractivity contribution in [1.29, 1.82) is 0 Å². The highest BCUT2D eigenvalue weighted by Gasteiger charge is 2.26. The van der Waals surface area contributed by atoms with E-state index in [1.807, 2.05) is 7.05 Å². The highest BCUT2D eigenvalue weighted by Crippen LogP contribution is 2.40. The van der Waals surface area contributed by atoms with Gasteiger partial charge in [-0.3, -0.25) is 0 Å². The second-order valence-corrected chi connectivity index (χ2v) is 8.88. The lowest BCUT2D eigenvalue weighted by Gasteiger charge is -2.33. The van der Waals surface area contributed by atoms with E-state index in [0.29, 0.717) is 5.41 Å². The second kappa shape index (κ2) is 14.7. The van der Waals surface area contributed by atoms with Gasteiger partial charge in [0.15, 0.2) is 0 Å². The van der Waals surface area contributed by atoms with Crippen LogP contribution in [0.15, 0.2) is 47.3 Å². The lowest BCUT2D eigenvalue weighted by atomic mass is 9.72. The van der Waals surface area contributed by atoms with E-state index in [2.05, 4.69) is 63.3 Å². The number of hydrogen-bond acceptors (Lipinski definition) is 2. The summed E-state index contributed by atoms with van der Waals surface area (Å²) in [5.41, 5.74) is 6.11. The number of rotatable bonds is 16. The molecule has 0 aromatic heterocycles. The number of nitrogens with one attached hydrogen (secondary N) is 2. The molecule has 29 heavy (non-hydrogen) atoms. The Labute approximate surface area is 182 Å². The maximum atomic E-state index is 4.44. The Balaban J connectivity index is 2.56. The monoisotopic (exact) mass is 400 g/mol. The van der Waals surface area contributed by atoms with Crippen molar-refractivity contribution in [2.45, 2.75) is 105 Å². The number of allylic oxidation sites excluding steroid dienone is 5. The zero-order chi connectivity index (χ0) is 21.5. The number of hydrogen-bond donors (Lipinski definition) is 2. The van der Waals surface area contributed by atoms with Crippen LogP contribution in [0.2, 0.25) is 0 Å². The van der Waals surface area contributed by atoms with Crippen LogP contribution in [0, 0.1) is 5.41 Å². The van der Waals surface area contributed by atoms with Crippen molar-refractivity contribution in [3.63, 3.8) is 0 Å². The number of unbranched alkanes of at least 4 members (excludes halogenated alkanes) is 1. The maximum Gasteiger partial charge on any atom is 0.0191 e. The third-order valence-electron chi connectivity index (χ3n) is 6.68. The molecule has 0 atom stereocenters. The lowest BCUT2D eigenvalue weighted by molar-refractivity contribution is 0.204. The summed E-state index contributed by atoms with van der Waals surface area (Å²) in [6.07, 6.45) is 21.7. The molecule has 1 heterocycles. The molecule has 2 nitrogen and oxygen atoms in total. The summed E-state index contributed by atoms with van der Waals surface area (Å²) in [6, 6.07) is 0. The predicted molar refractivity (Wildman–Crippen MR) is 131 cm³/mol. The molecule has 0 unspecified atom stereocenters. The summed E-state index contributed by atoms with van der Waals surface area (Å²) < 4.78 is 0. The fourth-order valence-corrected chi connectivity index (χ4v) is 4.61. The van der Waals surface area contributed by atoms with Crippen LogP contribution in [0.25, 0.3) is 0 Å². The first-order valence-electron chi connectivity index (χ1n) is 12.2. The van der Waals surface area contributed by atoms with Gasteiger partial charge in [-0.2, -0.15) is 0 Å². The molecule has 2 heteroatoms. The van der Waals surface area contributed by atoms with Crippen LogP contribution in [0.3, 0.4) is 0 Å². The fourth-order valence-electron chi connectivity index (χ4n) is 4.61. The molecule has 0 saturated carbocycles. The van der Waals surface area contributed by atoms with E-state index < -0.39 is 0 Å². The normalized spacial score (nSPS) is 16.2. The zero-order valence-electron chi connectivity index (χ0n) is 20.1. The van der Waals surface area contributed by atoms with E-state index in [9.17, 15) is 0 Å². The molecular weight excluding hydrogens is 352 g/mol. The molecular formula is C27H48N2. The molecule has 0 aromatic rings. The van der Waals surface area contributed by atoms with Gasteiger partial charge in [0.05, 0.1) is 0 Å². The fraction of sp³-hybridized carbons (Fsp3) is 0.704. The minimum atomic E-state index is 0.518. The van der Waals surface area contributed by atoms with Crippen molar-refractivity contribution in [2.75, 3.05) is 13.6 Å². The van der Waals surface area contributed by atoms with Gasteiger partial charge in [0, 0.05) is 18.3 Å². The van der Waals surface area contributed by atoms with Gasteiger partial charge >= 0.3 is 0 Å². The Bertz CT molecular complexity index is 559. The smallest absolute Gasteiger partial charge is 0.0191 e. The Kier molecular flexibility index (Phi) is 13.0. The molecule has 1 aliphatic heterocycles. The molecule has 0 fully saturated rings. The van der Waals surface area contributed by atoms with Crippen molar-refractivity contribution in [3.8, 4) is 0 Å². The van der Waals surface area contributed by atoms with Crippen LogP contribution in [-0.2, 0) is 0 Å². The summed E-state index contributed by atoms with van der Waals surface area (Å²) in [5, 5.41) is 6.72. The predicted octanol–water partition coefficient (Wildman–Crippen LogP) is 7.81. The van der Waals surface area contributed by atoms with Gasteiger partial charge in [-0.1, -0.05) is 70.8 Å². The molecule has 0 bridgehead atoms. The summed E-state index contributed by atoms with van der Waals surface area (Å²) >= 11 is 0. The Morgan fingerprint density at radius 2 is 1.83 bits per heavy atom. The van der Waals surface area contributed by atoms with Crippen molar-refractivity contribution < 1.29 is 0 Å². The molecule has 1 rings (SSSR count). The van der Waals surface area contributed by atoms with Crippen LogP contribution in [0.4, 0.5) is 0 Å². The third kappa shape index (κ3) is 9.38. The highest BCUT2D eigenvalue weighted by molar-refractivity contribution is 5.38. The van der Waals surface area contributed by atoms with Crippen LogP contribution in [0.1, 0.15) is 105 Å². The molecule has 1 aliphatic rings. The Hall–Kier alpha value is -1.28. The van der Waals surface area contributed by atoms with Crippen LogP contribution in [-0.4, -0.2) is 13.6 Å². The van der Waals surface area contributed by atoms with Crippen molar-refractivity contribution >= 4 is 0 Å². The minimum absolute atomic E-state index is 0.518. The first kappa shape index (κ1) is 25.8. The van der Waals surface area contributed by atoms with Gasteiger partial charge in [0.2, 0.25) is 0 Å². The lowest BCUT2D eigenvalue weighted by Crippen LogP contribution is -2.19. The van der Waals surface area contributed by atoms with Crippen LogP contribution < -0.4 is 10.6 Å². The van der Waals surface area contributed by atoms with Crippen LogP contribution >= 0.6 is 0 Å². The molecule has 0 aromatic carbocycles. The molecule has 0 amide bonds. The van der Waals surface area contributed by atoms with Gasteiger partial charge in [-0.05, 0) is 82.0 Å². The second-order valence-electron chi connectivity index (χ2n) is 8.88. The topological polar surface area (TPSA) is 24.1 Å². The first-order chi connectivity index (χ1) is 14.0. The van der Waals surface area contributed by atoms with E-state index >= 15 is 0 Å². The summed E-state index contributed by atoms with van der Waals surface area (Å²) in [5.74, 6) is 0. The van der Waals surface area contributed by atoms with Crippen molar-refractivity contribution in [1.82, 2.24) is 10.6 Å². The van der Waals surface area contributed by atoms with E-state index in [1.165, 1.54) is 74.6 Å². The average Bonchev–Trinajstić information content (AvgIpc) is 3.21. The SMILES string of the molecule is C=C(CCC(CC)(CCC)CCC)C1=CN/C(=C/C=C(\CC)CCCCNC)C1. The summed E-state index contributed by atoms with van der Waals surface area (Å²) in [4.78, 5) is 0. The van der Waals surface area contributed by atoms with Gasteiger partial charge in [0.1, 0.15) is 0 Å². The van der Waals surface area contributed by atoms with E-state index in [-0.39, 0.29) is 0 Å². The minimum Gasteiger partial charge on any atom is -0.364 e.